The summed E-state index contributed by atoms with van der Waals surface area (Å²) in [5, 5.41) is 8.91. The van der Waals surface area contributed by atoms with E-state index in [1.165, 1.54) is 4.90 Å². The average Bonchev–Trinajstić information content (AvgIpc) is 3.52. The third-order valence-corrected chi connectivity index (χ3v) is 6.02. The first-order valence-electron chi connectivity index (χ1n) is 9.03. The van der Waals surface area contributed by atoms with E-state index in [4.69, 9.17) is 0 Å². The van der Waals surface area contributed by atoms with E-state index in [2.05, 4.69) is 30.7 Å². The van der Waals surface area contributed by atoms with Gasteiger partial charge in [0, 0.05) is 16.4 Å². The van der Waals surface area contributed by atoms with Gasteiger partial charge in [-0.1, -0.05) is 15.9 Å². The number of carbonyl (C=O) groups excluding carboxylic acids is 2. The average molecular weight is 415 g/mol. The van der Waals surface area contributed by atoms with Crippen molar-refractivity contribution in [2.75, 3.05) is 0 Å². The van der Waals surface area contributed by atoms with Crippen molar-refractivity contribution in [2.45, 2.75) is 57.0 Å². The number of nitrogens with zero attached hydrogens (tertiary/aromatic N) is 4. The van der Waals surface area contributed by atoms with Gasteiger partial charge in [0.1, 0.15) is 11.4 Å². The minimum Gasteiger partial charge on any atom is -0.310 e. The topological polar surface area (TPSA) is 68.1 Å². The van der Waals surface area contributed by atoms with Crippen molar-refractivity contribution in [1.82, 2.24) is 19.7 Å². The molecule has 2 fully saturated rings. The van der Waals surface area contributed by atoms with Gasteiger partial charge in [0.2, 0.25) is 0 Å². The third kappa shape index (κ3) is 2.22. The molecule has 134 valence electrons. The molecule has 3 aliphatic rings. The Balaban J connectivity index is 1.60. The molecule has 2 aliphatic carbocycles. The van der Waals surface area contributed by atoms with Crippen LogP contribution in [0.5, 0.6) is 0 Å². The Morgan fingerprint density at radius 3 is 2.38 bits per heavy atom. The van der Waals surface area contributed by atoms with Gasteiger partial charge in [-0.15, -0.1) is 10.2 Å². The number of imide groups is 1. The number of rotatable bonds is 4. The number of aromatic nitrogens is 3. The van der Waals surface area contributed by atoms with Crippen molar-refractivity contribution < 1.29 is 9.59 Å². The molecule has 0 bridgehead atoms. The molecule has 0 spiro atoms. The molecule has 1 aromatic carbocycles. The highest BCUT2D eigenvalue weighted by atomic mass is 79.9. The summed E-state index contributed by atoms with van der Waals surface area (Å²) < 4.78 is 2.99. The Kier molecular flexibility index (Phi) is 3.27. The molecule has 7 heteroatoms. The minimum atomic E-state index is -0.859. The monoisotopic (exact) mass is 414 g/mol. The maximum absolute atomic E-state index is 13.1. The number of hydrogen-bond acceptors (Lipinski definition) is 4. The van der Waals surface area contributed by atoms with Crippen LogP contribution in [0.1, 0.15) is 83.9 Å². The number of halogens is 1. The number of benzene rings is 1. The fraction of sp³-hybridized carbons (Fsp3) is 0.474. The van der Waals surface area contributed by atoms with Gasteiger partial charge in [0.15, 0.2) is 5.82 Å². The van der Waals surface area contributed by atoms with E-state index in [0.717, 1.165) is 41.8 Å². The number of carbonyl (C=O) groups is 2. The first kappa shape index (κ1) is 16.2. The van der Waals surface area contributed by atoms with E-state index in [1.54, 1.807) is 18.2 Å². The van der Waals surface area contributed by atoms with Crippen LogP contribution in [0, 0.1) is 0 Å². The predicted molar refractivity (Wildman–Crippen MR) is 97.9 cm³/mol. The molecule has 2 heterocycles. The molecule has 26 heavy (non-hydrogen) atoms. The molecule has 0 N–H and O–H groups in total. The van der Waals surface area contributed by atoms with Crippen LogP contribution in [0.15, 0.2) is 22.7 Å². The molecule has 0 atom stereocenters. The van der Waals surface area contributed by atoms with Gasteiger partial charge in [-0.3, -0.25) is 14.5 Å². The maximum Gasteiger partial charge on any atom is 0.262 e. The zero-order valence-electron chi connectivity index (χ0n) is 14.7. The fourth-order valence-corrected chi connectivity index (χ4v) is 4.22. The van der Waals surface area contributed by atoms with Crippen LogP contribution < -0.4 is 0 Å². The molecule has 1 aliphatic heterocycles. The molecule has 5 rings (SSSR count). The van der Waals surface area contributed by atoms with Crippen molar-refractivity contribution >= 4 is 27.7 Å². The second-order valence-electron chi connectivity index (χ2n) is 7.95. The zero-order valence-corrected chi connectivity index (χ0v) is 16.3. The summed E-state index contributed by atoms with van der Waals surface area (Å²) in [5.74, 6) is 1.69. The molecule has 2 aromatic rings. The molecule has 0 unspecified atom stereocenters. The van der Waals surface area contributed by atoms with E-state index in [0.29, 0.717) is 23.1 Å². The lowest BCUT2D eigenvalue weighted by molar-refractivity contribution is 0.0454. The van der Waals surface area contributed by atoms with Crippen LogP contribution in [0.2, 0.25) is 0 Å². The first-order valence-corrected chi connectivity index (χ1v) is 9.82. The van der Waals surface area contributed by atoms with Gasteiger partial charge in [0.25, 0.3) is 11.8 Å². The number of amides is 2. The second kappa shape index (κ2) is 5.25. The van der Waals surface area contributed by atoms with Gasteiger partial charge < -0.3 is 4.57 Å². The van der Waals surface area contributed by atoms with Crippen molar-refractivity contribution in [3.63, 3.8) is 0 Å². The molecule has 0 saturated heterocycles. The zero-order chi connectivity index (χ0) is 18.2. The van der Waals surface area contributed by atoms with E-state index < -0.39 is 5.54 Å². The van der Waals surface area contributed by atoms with Crippen LogP contribution in [-0.4, -0.2) is 31.5 Å². The van der Waals surface area contributed by atoms with Gasteiger partial charge in [-0.05, 0) is 57.7 Å². The Morgan fingerprint density at radius 2 is 1.73 bits per heavy atom. The Hall–Kier alpha value is -2.02. The molecule has 6 nitrogen and oxygen atoms in total. The van der Waals surface area contributed by atoms with Crippen LogP contribution in [0.4, 0.5) is 0 Å². The second-order valence-corrected chi connectivity index (χ2v) is 8.87. The lowest BCUT2D eigenvalue weighted by Crippen LogP contribution is -2.47. The van der Waals surface area contributed by atoms with Crippen molar-refractivity contribution in [3.05, 3.63) is 45.4 Å². The Morgan fingerprint density at radius 1 is 1.04 bits per heavy atom. The summed E-state index contributed by atoms with van der Waals surface area (Å²) in [4.78, 5) is 27.4. The molecule has 2 amide bonds. The van der Waals surface area contributed by atoms with Crippen molar-refractivity contribution in [3.8, 4) is 0 Å². The number of fused-ring (bicyclic) bond motifs is 1. The van der Waals surface area contributed by atoms with E-state index >= 15 is 0 Å². The summed E-state index contributed by atoms with van der Waals surface area (Å²) in [5.41, 5.74) is 0.0334. The fourth-order valence-electron chi connectivity index (χ4n) is 3.85. The van der Waals surface area contributed by atoms with Crippen LogP contribution in [0.3, 0.4) is 0 Å². The van der Waals surface area contributed by atoms with Gasteiger partial charge in [-0.25, -0.2) is 0 Å². The molecular formula is C19H19BrN4O2. The van der Waals surface area contributed by atoms with Crippen LogP contribution in [0.25, 0.3) is 0 Å². The van der Waals surface area contributed by atoms with E-state index in [-0.39, 0.29) is 11.8 Å². The number of hydrogen-bond donors (Lipinski definition) is 0. The van der Waals surface area contributed by atoms with Gasteiger partial charge >= 0.3 is 0 Å². The van der Waals surface area contributed by atoms with E-state index in [9.17, 15) is 9.59 Å². The molecule has 2 saturated carbocycles. The van der Waals surface area contributed by atoms with Crippen molar-refractivity contribution in [1.29, 1.82) is 0 Å². The third-order valence-electron chi connectivity index (χ3n) is 5.53. The summed E-state index contributed by atoms with van der Waals surface area (Å²) in [6.45, 7) is 3.78. The summed E-state index contributed by atoms with van der Waals surface area (Å²) in [7, 11) is 0. The predicted octanol–water partition coefficient (Wildman–Crippen LogP) is 3.78. The largest absolute Gasteiger partial charge is 0.310 e. The lowest BCUT2D eigenvalue weighted by atomic mass is 10.0. The maximum atomic E-state index is 13.1. The standard InChI is InChI=1S/C19H19BrN4O2/c1-19(2,18-22-21-15(10-3-4-10)23(18)12-6-7-12)24-16(25)13-8-5-11(20)9-14(13)17(24)26/h5,8-10,12H,3-4,6-7H2,1-2H3. The van der Waals surface area contributed by atoms with E-state index in [1.807, 2.05) is 13.8 Å². The highest BCUT2D eigenvalue weighted by molar-refractivity contribution is 9.10. The summed E-state index contributed by atoms with van der Waals surface area (Å²) in [6.07, 6.45) is 4.50. The van der Waals surface area contributed by atoms with Gasteiger partial charge in [-0.2, -0.15) is 0 Å². The lowest BCUT2D eigenvalue weighted by Gasteiger charge is -2.33. The Bertz CT molecular complexity index is 956. The summed E-state index contributed by atoms with van der Waals surface area (Å²) in [6, 6.07) is 5.61. The van der Waals surface area contributed by atoms with Crippen molar-refractivity contribution in [2.24, 2.45) is 0 Å². The smallest absolute Gasteiger partial charge is 0.262 e. The van der Waals surface area contributed by atoms with Crippen LogP contribution in [-0.2, 0) is 5.54 Å². The first-order chi connectivity index (χ1) is 12.4. The van der Waals surface area contributed by atoms with Crippen LogP contribution >= 0.6 is 15.9 Å². The van der Waals surface area contributed by atoms with Gasteiger partial charge in [0.05, 0.1) is 11.1 Å². The molecule has 0 radical (unpaired) electrons. The Labute approximate surface area is 159 Å². The SMILES string of the molecule is CC(C)(c1nnc(C2CC2)n1C1CC1)N1C(=O)c2ccc(Br)cc2C1=O. The quantitative estimate of drug-likeness (QED) is 0.713. The summed E-state index contributed by atoms with van der Waals surface area (Å²) >= 11 is 3.38. The normalized spacial score (nSPS) is 20.0. The highest BCUT2D eigenvalue weighted by Gasteiger charge is 2.49. The minimum absolute atomic E-state index is 0.263. The molecule has 1 aromatic heterocycles. The molecular weight excluding hydrogens is 396 g/mol. The highest BCUT2D eigenvalue weighted by Crippen LogP contribution is 2.47.